The fraction of sp³-hybridized carbons (Fsp3) is 0.0870. The van der Waals surface area contributed by atoms with E-state index in [-0.39, 0.29) is 5.56 Å². The molecule has 7 nitrogen and oxygen atoms in total. The van der Waals surface area contributed by atoms with Crippen LogP contribution in [0.4, 0.5) is 4.39 Å². The summed E-state index contributed by atoms with van der Waals surface area (Å²) >= 11 is 0. The van der Waals surface area contributed by atoms with Crippen LogP contribution in [0, 0.1) is 5.82 Å². The molecule has 0 radical (unpaired) electrons. The molecule has 8 heteroatoms. The number of carbonyl (C=O) groups is 1. The number of fused-ring (bicyclic) bond motifs is 2. The monoisotopic (exact) mass is 413 g/mol. The minimum absolute atomic E-state index is 0.00887. The van der Waals surface area contributed by atoms with E-state index in [1.165, 1.54) is 19.2 Å². The van der Waals surface area contributed by atoms with Gasteiger partial charge in [-0.3, -0.25) is 9.78 Å². The molecule has 2 aromatic carbocycles. The zero-order valence-corrected chi connectivity index (χ0v) is 16.6. The first-order valence-corrected chi connectivity index (χ1v) is 9.73. The Balaban J connectivity index is 1.51. The predicted molar refractivity (Wildman–Crippen MR) is 113 cm³/mol. The molecule has 152 valence electrons. The molecule has 0 fully saturated rings. The molecule has 0 saturated carbocycles. The number of rotatable bonds is 4. The van der Waals surface area contributed by atoms with Crippen LogP contribution in [0.15, 0.2) is 67.1 Å². The highest BCUT2D eigenvalue weighted by molar-refractivity contribution is 5.94. The Morgan fingerprint density at radius 1 is 1.16 bits per heavy atom. The number of aromatic nitrogens is 5. The summed E-state index contributed by atoms with van der Waals surface area (Å²) in [4.78, 5) is 23.6. The lowest BCUT2D eigenvalue weighted by molar-refractivity contribution is -0.353. The fourth-order valence-corrected chi connectivity index (χ4v) is 3.56. The van der Waals surface area contributed by atoms with E-state index in [0.717, 1.165) is 22.2 Å². The minimum Gasteiger partial charge on any atom is -0.355 e. The van der Waals surface area contributed by atoms with Gasteiger partial charge in [0.2, 0.25) is 0 Å². The molecule has 3 aromatic heterocycles. The maximum atomic E-state index is 14.4. The third kappa shape index (κ3) is 3.48. The number of halogens is 1. The Hall–Kier alpha value is -4.20. The summed E-state index contributed by atoms with van der Waals surface area (Å²) in [6.07, 6.45) is 5.84. The average Bonchev–Trinajstić information content (AvgIpc) is 3.20. The second-order valence-electron chi connectivity index (χ2n) is 7.14. The van der Waals surface area contributed by atoms with Crippen molar-refractivity contribution >= 4 is 22.6 Å². The van der Waals surface area contributed by atoms with E-state index in [1.54, 1.807) is 29.2 Å². The Kier molecular flexibility index (Phi) is 4.59. The molecule has 0 aliphatic carbocycles. The number of pyridine rings is 1. The van der Waals surface area contributed by atoms with Crippen LogP contribution in [0.1, 0.15) is 21.6 Å². The number of imidazole rings is 1. The molecule has 0 unspecified atom stereocenters. The van der Waals surface area contributed by atoms with Gasteiger partial charge in [-0.2, -0.15) is 0 Å². The number of carbonyl (C=O) groups excluding carboxylic acids is 1. The smallest absolute Gasteiger partial charge is 0.355 e. The van der Waals surface area contributed by atoms with E-state index in [2.05, 4.69) is 31.4 Å². The molecule has 0 aliphatic rings. The standard InChI is InChI=1S/C23H17FN6O/c1-25-22(31)18-6-5-16(11-19(18)24)21-13-28-23-27-12-17(30(23)29-21)10-14-4-7-20-15(9-14)3-2-8-26-20/h2-9,11-13H,10H2,1H3,(H,25,31)/p+1. The summed E-state index contributed by atoms with van der Waals surface area (Å²) < 4.78 is 16.1. The van der Waals surface area contributed by atoms with Crippen LogP contribution < -0.4 is 10.3 Å². The molecule has 1 amide bonds. The molecule has 31 heavy (non-hydrogen) atoms. The summed E-state index contributed by atoms with van der Waals surface area (Å²) in [5, 5.41) is 8.14. The van der Waals surface area contributed by atoms with Gasteiger partial charge in [0.05, 0.1) is 17.3 Å². The van der Waals surface area contributed by atoms with E-state index in [9.17, 15) is 9.18 Å². The minimum atomic E-state index is -0.602. The van der Waals surface area contributed by atoms with Crippen LogP contribution in [0.2, 0.25) is 0 Å². The molecule has 3 heterocycles. The van der Waals surface area contributed by atoms with Crippen molar-refractivity contribution in [3.05, 3.63) is 89.8 Å². The van der Waals surface area contributed by atoms with Gasteiger partial charge in [-0.15, -0.1) is 9.61 Å². The van der Waals surface area contributed by atoms with Crippen molar-refractivity contribution in [1.29, 1.82) is 0 Å². The lowest BCUT2D eigenvalue weighted by atomic mass is 10.1. The van der Waals surface area contributed by atoms with Crippen molar-refractivity contribution in [3.63, 3.8) is 0 Å². The number of H-pyrrole nitrogens is 1. The van der Waals surface area contributed by atoms with Gasteiger partial charge in [-0.05, 0) is 35.9 Å². The van der Waals surface area contributed by atoms with Crippen LogP contribution >= 0.6 is 0 Å². The van der Waals surface area contributed by atoms with Crippen LogP contribution in [0.25, 0.3) is 27.9 Å². The average molecular weight is 413 g/mol. The quantitative estimate of drug-likeness (QED) is 0.491. The molecular weight excluding hydrogens is 395 g/mol. The number of hydrogen-bond donors (Lipinski definition) is 1. The van der Waals surface area contributed by atoms with Gasteiger partial charge in [0.15, 0.2) is 0 Å². The molecule has 0 aliphatic heterocycles. The van der Waals surface area contributed by atoms with Crippen molar-refractivity contribution in [2.24, 2.45) is 0 Å². The third-order valence-electron chi connectivity index (χ3n) is 5.14. The van der Waals surface area contributed by atoms with Crippen LogP contribution in [-0.2, 0) is 6.42 Å². The van der Waals surface area contributed by atoms with Gasteiger partial charge in [0.25, 0.3) is 5.91 Å². The molecule has 0 spiro atoms. The van der Waals surface area contributed by atoms with Crippen molar-refractivity contribution in [2.45, 2.75) is 6.42 Å². The van der Waals surface area contributed by atoms with Gasteiger partial charge in [-0.1, -0.05) is 23.2 Å². The normalized spacial score (nSPS) is 11.2. The van der Waals surface area contributed by atoms with E-state index < -0.39 is 11.7 Å². The summed E-state index contributed by atoms with van der Waals surface area (Å²) in [7, 11) is 1.47. The summed E-state index contributed by atoms with van der Waals surface area (Å²) in [6.45, 7) is 0. The van der Waals surface area contributed by atoms with Gasteiger partial charge < -0.3 is 5.32 Å². The molecule has 5 aromatic rings. The van der Waals surface area contributed by atoms with E-state index >= 15 is 0 Å². The molecule has 2 N–H and O–H groups in total. The highest BCUT2D eigenvalue weighted by Crippen LogP contribution is 2.20. The summed E-state index contributed by atoms with van der Waals surface area (Å²) in [6, 6.07) is 14.5. The predicted octanol–water partition coefficient (Wildman–Crippen LogP) is 2.85. The second-order valence-corrected chi connectivity index (χ2v) is 7.14. The van der Waals surface area contributed by atoms with E-state index in [0.29, 0.717) is 23.5 Å². The van der Waals surface area contributed by atoms with Crippen molar-refractivity contribution in [2.75, 3.05) is 7.05 Å². The molecule has 0 bridgehead atoms. The fourth-order valence-electron chi connectivity index (χ4n) is 3.56. The van der Waals surface area contributed by atoms with Gasteiger partial charge in [0.1, 0.15) is 23.4 Å². The number of nitrogens with zero attached hydrogens (tertiary/aromatic N) is 4. The summed E-state index contributed by atoms with van der Waals surface area (Å²) in [5.41, 5.74) is 4.02. The van der Waals surface area contributed by atoms with E-state index in [4.69, 9.17) is 0 Å². The van der Waals surface area contributed by atoms with Crippen LogP contribution in [0.5, 0.6) is 0 Å². The van der Waals surface area contributed by atoms with Gasteiger partial charge >= 0.3 is 5.78 Å². The highest BCUT2D eigenvalue weighted by Gasteiger charge is 2.17. The summed E-state index contributed by atoms with van der Waals surface area (Å²) in [5.74, 6) is -0.487. The maximum Gasteiger partial charge on any atom is 0.420 e. The molecule has 0 saturated heterocycles. The Morgan fingerprint density at radius 2 is 2.06 bits per heavy atom. The zero-order chi connectivity index (χ0) is 21.4. The first kappa shape index (κ1) is 18.8. The lowest BCUT2D eigenvalue weighted by Crippen LogP contribution is -2.19. The first-order valence-electron chi connectivity index (χ1n) is 9.73. The van der Waals surface area contributed by atoms with Crippen molar-refractivity contribution in [3.8, 4) is 11.3 Å². The second kappa shape index (κ2) is 7.56. The number of hydrogen-bond acceptors (Lipinski definition) is 4. The largest absolute Gasteiger partial charge is 0.420 e. The maximum absolute atomic E-state index is 14.4. The Morgan fingerprint density at radius 3 is 2.90 bits per heavy atom. The van der Waals surface area contributed by atoms with Gasteiger partial charge in [0, 0.05) is 30.6 Å². The van der Waals surface area contributed by atoms with Crippen LogP contribution in [-0.4, -0.2) is 32.5 Å². The lowest BCUT2D eigenvalue weighted by Gasteiger charge is -2.05. The number of aromatic amines is 1. The Bertz CT molecular complexity index is 1450. The number of amides is 1. The molecular formula is C23H18FN6O+. The zero-order valence-electron chi connectivity index (χ0n) is 16.6. The molecule has 5 rings (SSSR count). The molecule has 0 atom stereocenters. The van der Waals surface area contributed by atoms with Gasteiger partial charge in [-0.25, -0.2) is 9.37 Å². The third-order valence-corrected chi connectivity index (χ3v) is 5.14. The van der Waals surface area contributed by atoms with Crippen molar-refractivity contribution < 1.29 is 14.2 Å². The number of nitrogens with one attached hydrogen (secondary N) is 2. The Labute approximate surface area is 176 Å². The highest BCUT2D eigenvalue weighted by atomic mass is 19.1. The topological polar surface area (TPSA) is 86.3 Å². The van der Waals surface area contributed by atoms with Crippen LogP contribution in [0.3, 0.4) is 0 Å². The van der Waals surface area contributed by atoms with Crippen molar-refractivity contribution in [1.82, 2.24) is 24.9 Å². The number of benzene rings is 2. The first-order chi connectivity index (χ1) is 15.1. The SMILES string of the molecule is CNC(=O)c1ccc(-c2c[nH+]c3ncc(Cc4ccc5ncccc5c4)n3n2)cc1F. The van der Waals surface area contributed by atoms with E-state index in [1.807, 2.05) is 24.3 Å².